The molecular formula is C10H12N2O2. The quantitative estimate of drug-likeness (QED) is 0.502. The Bertz CT molecular complexity index is 361. The maximum atomic E-state index is 10.7. The van der Waals surface area contributed by atoms with Crippen LogP contribution in [0.5, 0.6) is 5.75 Å². The van der Waals surface area contributed by atoms with Gasteiger partial charge in [-0.2, -0.15) is 0 Å². The summed E-state index contributed by atoms with van der Waals surface area (Å²) in [6.45, 7) is 3.58. The number of phenols is 1. The molecule has 0 saturated heterocycles. The van der Waals surface area contributed by atoms with Crippen LogP contribution in [0.4, 0.5) is 10.5 Å². The summed E-state index contributed by atoms with van der Waals surface area (Å²) in [4.78, 5) is 10.7. The lowest BCUT2D eigenvalue weighted by Gasteiger charge is -2.09. The Morgan fingerprint density at radius 1 is 1.64 bits per heavy atom. The van der Waals surface area contributed by atoms with Crippen molar-refractivity contribution in [3.05, 3.63) is 36.4 Å². The number of hydrogen-bond donors (Lipinski definition) is 3. The van der Waals surface area contributed by atoms with Gasteiger partial charge in [-0.15, -0.1) is 6.58 Å². The molecule has 74 valence electrons. The van der Waals surface area contributed by atoms with Gasteiger partial charge in [0.15, 0.2) is 0 Å². The van der Waals surface area contributed by atoms with Gasteiger partial charge in [-0.1, -0.05) is 18.2 Å². The number of anilines is 1. The van der Waals surface area contributed by atoms with Gasteiger partial charge in [-0.25, -0.2) is 4.79 Å². The van der Waals surface area contributed by atoms with E-state index in [1.807, 2.05) is 0 Å². The van der Waals surface area contributed by atoms with Gasteiger partial charge in [0.05, 0.1) is 5.69 Å². The topological polar surface area (TPSA) is 75.3 Å². The number of phenolic OH excluding ortho intramolecular Hbond substituents is 1. The number of urea groups is 1. The molecule has 4 nitrogen and oxygen atoms in total. The highest BCUT2D eigenvalue weighted by Gasteiger charge is 2.07. The van der Waals surface area contributed by atoms with Crippen LogP contribution in [0.1, 0.15) is 5.56 Å². The largest absolute Gasteiger partial charge is 0.506 e. The molecule has 0 bridgehead atoms. The number of hydrogen-bond acceptors (Lipinski definition) is 2. The third-order valence-electron chi connectivity index (χ3n) is 1.74. The summed E-state index contributed by atoms with van der Waals surface area (Å²) >= 11 is 0. The Morgan fingerprint density at radius 2 is 2.36 bits per heavy atom. The zero-order chi connectivity index (χ0) is 10.6. The highest BCUT2D eigenvalue weighted by Crippen LogP contribution is 2.27. The number of amides is 2. The molecule has 14 heavy (non-hydrogen) atoms. The van der Waals surface area contributed by atoms with E-state index >= 15 is 0 Å². The lowest BCUT2D eigenvalue weighted by molar-refractivity contribution is 0.259. The van der Waals surface area contributed by atoms with Gasteiger partial charge in [-0.3, -0.25) is 0 Å². The molecule has 0 heterocycles. The van der Waals surface area contributed by atoms with Crippen molar-refractivity contribution in [3.63, 3.8) is 0 Å². The Labute approximate surface area is 82.0 Å². The van der Waals surface area contributed by atoms with Gasteiger partial charge in [0.25, 0.3) is 0 Å². The molecular weight excluding hydrogens is 180 g/mol. The van der Waals surface area contributed by atoms with Crippen LogP contribution in [-0.4, -0.2) is 11.1 Å². The van der Waals surface area contributed by atoms with Crippen LogP contribution in [0.15, 0.2) is 30.9 Å². The minimum atomic E-state index is -0.697. The molecule has 0 radical (unpaired) electrons. The van der Waals surface area contributed by atoms with E-state index in [1.54, 1.807) is 18.2 Å². The predicted octanol–water partition coefficient (Wildman–Crippen LogP) is 1.61. The first-order valence-electron chi connectivity index (χ1n) is 4.13. The van der Waals surface area contributed by atoms with Gasteiger partial charge in [-0.05, 0) is 18.1 Å². The molecule has 1 aromatic carbocycles. The molecule has 0 atom stereocenters. The van der Waals surface area contributed by atoms with Crippen LogP contribution >= 0.6 is 0 Å². The summed E-state index contributed by atoms with van der Waals surface area (Å²) in [5.74, 6) is 0.00292. The third kappa shape index (κ3) is 2.26. The summed E-state index contributed by atoms with van der Waals surface area (Å²) in [6.07, 6.45) is 2.24. The van der Waals surface area contributed by atoms with Crippen LogP contribution in [0.3, 0.4) is 0 Å². The number of carbonyl (C=O) groups is 1. The maximum absolute atomic E-state index is 10.7. The number of rotatable bonds is 3. The molecule has 1 aromatic rings. The third-order valence-corrected chi connectivity index (χ3v) is 1.74. The number of para-hydroxylation sites is 1. The number of nitrogens with one attached hydrogen (secondary N) is 1. The van der Waals surface area contributed by atoms with Crippen LogP contribution in [0.2, 0.25) is 0 Å². The molecule has 0 aliphatic rings. The molecule has 4 N–H and O–H groups in total. The van der Waals surface area contributed by atoms with Crippen molar-refractivity contribution in [1.29, 1.82) is 0 Å². The molecule has 0 saturated carbocycles. The van der Waals surface area contributed by atoms with Crippen molar-refractivity contribution >= 4 is 11.7 Å². The van der Waals surface area contributed by atoms with E-state index in [-0.39, 0.29) is 5.75 Å². The predicted molar refractivity (Wildman–Crippen MR) is 55.2 cm³/mol. The Hall–Kier alpha value is -1.97. The van der Waals surface area contributed by atoms with Crippen LogP contribution in [0, 0.1) is 0 Å². The van der Waals surface area contributed by atoms with E-state index in [9.17, 15) is 9.90 Å². The first kappa shape index (κ1) is 10.1. The number of allylic oxidation sites excluding steroid dienone is 1. The fourth-order valence-corrected chi connectivity index (χ4v) is 1.18. The molecule has 0 aliphatic heterocycles. The molecule has 2 amide bonds. The fourth-order valence-electron chi connectivity index (χ4n) is 1.18. The fraction of sp³-hybridized carbons (Fsp3) is 0.100. The maximum Gasteiger partial charge on any atom is 0.316 e. The highest BCUT2D eigenvalue weighted by molar-refractivity contribution is 5.90. The second kappa shape index (κ2) is 4.32. The van der Waals surface area contributed by atoms with Gasteiger partial charge in [0, 0.05) is 0 Å². The standard InChI is InChI=1S/C10H12N2O2/c1-2-4-7-5-3-6-8(13)9(7)12-10(11)14/h2-3,5-6,13H,1,4H2,(H3,11,12,14). The summed E-state index contributed by atoms with van der Waals surface area (Å²) < 4.78 is 0. The summed E-state index contributed by atoms with van der Waals surface area (Å²) in [7, 11) is 0. The lowest BCUT2D eigenvalue weighted by Crippen LogP contribution is -2.20. The average molecular weight is 192 g/mol. The van der Waals surface area contributed by atoms with E-state index in [4.69, 9.17) is 5.73 Å². The van der Waals surface area contributed by atoms with Crippen molar-refractivity contribution in [1.82, 2.24) is 0 Å². The number of carbonyl (C=O) groups excluding carboxylic acids is 1. The Morgan fingerprint density at radius 3 is 2.93 bits per heavy atom. The number of aromatic hydroxyl groups is 1. The van der Waals surface area contributed by atoms with E-state index in [1.165, 1.54) is 6.07 Å². The molecule has 1 rings (SSSR count). The Kier molecular flexibility index (Phi) is 3.12. The summed E-state index contributed by atoms with van der Waals surface area (Å²) in [5.41, 5.74) is 6.10. The van der Waals surface area contributed by atoms with Gasteiger partial charge in [0.1, 0.15) is 5.75 Å². The summed E-state index contributed by atoms with van der Waals surface area (Å²) in [5, 5.41) is 11.8. The molecule has 0 aromatic heterocycles. The van der Waals surface area contributed by atoms with Crippen molar-refractivity contribution in [2.75, 3.05) is 5.32 Å². The average Bonchev–Trinajstić information content (AvgIpc) is 2.11. The minimum Gasteiger partial charge on any atom is -0.506 e. The molecule has 0 fully saturated rings. The number of primary amides is 1. The molecule has 0 aliphatic carbocycles. The van der Waals surface area contributed by atoms with Crippen molar-refractivity contribution in [3.8, 4) is 5.75 Å². The SMILES string of the molecule is C=CCc1cccc(O)c1NC(N)=O. The highest BCUT2D eigenvalue weighted by atomic mass is 16.3. The van der Waals surface area contributed by atoms with Crippen molar-refractivity contribution in [2.24, 2.45) is 5.73 Å². The van der Waals surface area contributed by atoms with Crippen molar-refractivity contribution in [2.45, 2.75) is 6.42 Å². The monoisotopic (exact) mass is 192 g/mol. The number of nitrogens with two attached hydrogens (primary N) is 1. The van der Waals surface area contributed by atoms with E-state index in [0.29, 0.717) is 12.1 Å². The zero-order valence-electron chi connectivity index (χ0n) is 7.66. The molecule has 0 spiro atoms. The van der Waals surface area contributed by atoms with Crippen LogP contribution < -0.4 is 11.1 Å². The smallest absolute Gasteiger partial charge is 0.316 e. The first-order valence-corrected chi connectivity index (χ1v) is 4.13. The van der Waals surface area contributed by atoms with Crippen molar-refractivity contribution < 1.29 is 9.90 Å². The van der Waals surface area contributed by atoms with Gasteiger partial charge in [0.2, 0.25) is 0 Å². The molecule has 4 heteroatoms. The van der Waals surface area contributed by atoms with Gasteiger partial charge < -0.3 is 16.2 Å². The van der Waals surface area contributed by atoms with Crippen LogP contribution in [0.25, 0.3) is 0 Å². The van der Waals surface area contributed by atoms with E-state index in [2.05, 4.69) is 11.9 Å². The summed E-state index contributed by atoms with van der Waals surface area (Å²) in [6, 6.07) is 4.27. The zero-order valence-corrected chi connectivity index (χ0v) is 7.66. The Balaban J connectivity index is 3.07. The van der Waals surface area contributed by atoms with Gasteiger partial charge >= 0.3 is 6.03 Å². The first-order chi connectivity index (χ1) is 6.65. The van der Waals surface area contributed by atoms with E-state index < -0.39 is 6.03 Å². The lowest BCUT2D eigenvalue weighted by atomic mass is 10.1. The minimum absolute atomic E-state index is 0.00292. The van der Waals surface area contributed by atoms with Crippen LogP contribution in [-0.2, 0) is 6.42 Å². The molecule has 0 unspecified atom stereocenters. The number of benzene rings is 1. The second-order valence-corrected chi connectivity index (χ2v) is 2.79. The van der Waals surface area contributed by atoms with E-state index in [0.717, 1.165) is 5.56 Å². The second-order valence-electron chi connectivity index (χ2n) is 2.79. The normalized spacial score (nSPS) is 9.43.